The first-order valence-corrected chi connectivity index (χ1v) is 10.3. The van der Waals surface area contributed by atoms with E-state index in [0.717, 1.165) is 52.1 Å². The molecule has 4 nitrogen and oxygen atoms in total. The molecule has 0 bridgehead atoms. The Kier molecular flexibility index (Phi) is 5.73. The summed E-state index contributed by atoms with van der Waals surface area (Å²) in [6.45, 7) is 5.55. The lowest BCUT2D eigenvalue weighted by molar-refractivity contribution is -0.929. The van der Waals surface area contributed by atoms with Crippen LogP contribution in [0.1, 0.15) is 36.4 Å². The van der Waals surface area contributed by atoms with Gasteiger partial charge in [0, 0.05) is 24.2 Å². The third-order valence-corrected chi connectivity index (χ3v) is 5.98. The summed E-state index contributed by atoms with van der Waals surface area (Å²) in [5.41, 5.74) is 2.71. The van der Waals surface area contributed by atoms with Gasteiger partial charge in [-0.15, -0.1) is 0 Å². The molecule has 2 amide bonds. The van der Waals surface area contributed by atoms with Crippen LogP contribution >= 0.6 is 0 Å². The van der Waals surface area contributed by atoms with Crippen LogP contribution in [0.4, 0.5) is 4.79 Å². The number of hydrogen-bond acceptors (Lipinski definition) is 1. The number of carbonyl (C=O) groups is 1. The van der Waals surface area contributed by atoms with Crippen LogP contribution in [0.2, 0.25) is 0 Å². The largest absolute Gasteiger partial charge is 0.325 e. The molecule has 2 aliphatic rings. The number of hydrogen-bond donors (Lipinski definition) is 1. The standard InChI is InChI=1S/C23H29N3O/c27-23(25-14-8-3-9-15-25)26-18-16-24(17-19-26)22(20-10-4-1-5-11-20)21-12-6-2-7-13-21/h1-2,4-7,10-13,22H,3,8-9,14-19H2/p+1. The fourth-order valence-corrected chi connectivity index (χ4v) is 4.51. The van der Waals surface area contributed by atoms with Gasteiger partial charge in [-0.3, -0.25) is 0 Å². The van der Waals surface area contributed by atoms with E-state index in [1.54, 1.807) is 4.90 Å². The average molecular weight is 365 g/mol. The van der Waals surface area contributed by atoms with Crippen molar-refractivity contribution in [1.82, 2.24) is 9.80 Å². The molecule has 0 spiro atoms. The quantitative estimate of drug-likeness (QED) is 0.891. The van der Waals surface area contributed by atoms with E-state index in [9.17, 15) is 4.79 Å². The molecule has 0 unspecified atom stereocenters. The van der Waals surface area contributed by atoms with E-state index in [2.05, 4.69) is 70.5 Å². The van der Waals surface area contributed by atoms with Crippen LogP contribution in [0.25, 0.3) is 0 Å². The Labute approximate surface area is 162 Å². The van der Waals surface area contributed by atoms with E-state index in [1.807, 2.05) is 0 Å². The van der Waals surface area contributed by atoms with Crippen molar-refractivity contribution < 1.29 is 9.69 Å². The Morgan fingerprint density at radius 2 is 1.19 bits per heavy atom. The third kappa shape index (κ3) is 4.16. The fraction of sp³-hybridized carbons (Fsp3) is 0.435. The first-order valence-electron chi connectivity index (χ1n) is 10.3. The molecule has 4 rings (SSSR count). The number of carbonyl (C=O) groups excluding carboxylic acids is 1. The van der Waals surface area contributed by atoms with Crippen LogP contribution < -0.4 is 4.90 Å². The molecule has 2 heterocycles. The summed E-state index contributed by atoms with van der Waals surface area (Å²) in [7, 11) is 0. The monoisotopic (exact) mass is 364 g/mol. The summed E-state index contributed by atoms with van der Waals surface area (Å²) in [5.74, 6) is 0. The predicted molar refractivity (Wildman–Crippen MR) is 108 cm³/mol. The third-order valence-electron chi connectivity index (χ3n) is 5.98. The summed E-state index contributed by atoms with van der Waals surface area (Å²) in [5, 5.41) is 0. The summed E-state index contributed by atoms with van der Waals surface area (Å²) < 4.78 is 0. The predicted octanol–water partition coefficient (Wildman–Crippen LogP) is 2.58. The summed E-state index contributed by atoms with van der Waals surface area (Å²) >= 11 is 0. The second-order valence-electron chi connectivity index (χ2n) is 7.73. The zero-order chi connectivity index (χ0) is 18.5. The van der Waals surface area contributed by atoms with Gasteiger partial charge in [-0.2, -0.15) is 0 Å². The minimum absolute atomic E-state index is 0.254. The molecular weight excluding hydrogens is 334 g/mol. The lowest BCUT2D eigenvalue weighted by Crippen LogP contribution is -3.15. The Morgan fingerprint density at radius 1 is 0.704 bits per heavy atom. The van der Waals surface area contributed by atoms with Crippen LogP contribution in [-0.2, 0) is 0 Å². The molecule has 0 aliphatic carbocycles. The first kappa shape index (κ1) is 18.1. The maximum absolute atomic E-state index is 12.8. The van der Waals surface area contributed by atoms with Gasteiger partial charge in [0.1, 0.15) is 6.04 Å². The molecule has 4 heteroatoms. The van der Waals surface area contributed by atoms with Gasteiger partial charge in [0.15, 0.2) is 0 Å². The summed E-state index contributed by atoms with van der Waals surface area (Å²) in [6.07, 6.45) is 3.57. The second kappa shape index (κ2) is 8.57. The van der Waals surface area contributed by atoms with Gasteiger partial charge in [-0.1, -0.05) is 60.7 Å². The van der Waals surface area contributed by atoms with Gasteiger partial charge in [0.2, 0.25) is 0 Å². The fourth-order valence-electron chi connectivity index (χ4n) is 4.51. The average Bonchev–Trinajstić information content (AvgIpc) is 2.76. The van der Waals surface area contributed by atoms with Crippen LogP contribution in [0, 0.1) is 0 Å². The highest BCUT2D eigenvalue weighted by molar-refractivity contribution is 5.74. The Balaban J connectivity index is 1.46. The van der Waals surface area contributed by atoms with E-state index in [0.29, 0.717) is 6.04 Å². The van der Waals surface area contributed by atoms with E-state index in [4.69, 9.17) is 0 Å². The highest BCUT2D eigenvalue weighted by Gasteiger charge is 2.33. The molecule has 2 fully saturated rings. The van der Waals surface area contributed by atoms with Crippen LogP contribution in [0.3, 0.4) is 0 Å². The van der Waals surface area contributed by atoms with Crippen molar-refractivity contribution in [3.05, 3.63) is 71.8 Å². The summed E-state index contributed by atoms with van der Waals surface area (Å²) in [6, 6.07) is 22.2. The van der Waals surface area contributed by atoms with Crippen LogP contribution in [-0.4, -0.2) is 55.1 Å². The molecule has 0 atom stereocenters. The molecule has 0 saturated carbocycles. The van der Waals surface area contributed by atoms with E-state index >= 15 is 0 Å². The molecule has 0 aromatic heterocycles. The minimum atomic E-state index is 0.254. The molecule has 142 valence electrons. The molecule has 2 saturated heterocycles. The zero-order valence-electron chi connectivity index (χ0n) is 16.0. The second-order valence-corrected chi connectivity index (χ2v) is 7.73. The van der Waals surface area contributed by atoms with Gasteiger partial charge in [0.05, 0.1) is 26.2 Å². The van der Waals surface area contributed by atoms with Gasteiger partial charge < -0.3 is 14.7 Å². The highest BCUT2D eigenvalue weighted by Crippen LogP contribution is 2.19. The SMILES string of the molecule is O=C(N1CCCCC1)N1CC[NH+](C(c2ccccc2)c2ccccc2)CC1. The van der Waals surface area contributed by atoms with Gasteiger partial charge >= 0.3 is 6.03 Å². The maximum Gasteiger partial charge on any atom is 0.320 e. The maximum atomic E-state index is 12.8. The number of benzene rings is 2. The number of nitrogens with zero attached hydrogens (tertiary/aromatic N) is 2. The number of quaternary nitrogens is 1. The topological polar surface area (TPSA) is 28.0 Å². The number of piperazine rings is 1. The van der Waals surface area contributed by atoms with Gasteiger partial charge in [-0.25, -0.2) is 4.79 Å². The smallest absolute Gasteiger partial charge is 0.320 e. The van der Waals surface area contributed by atoms with Crippen molar-refractivity contribution in [2.45, 2.75) is 25.3 Å². The molecular formula is C23H30N3O+. The Morgan fingerprint density at radius 3 is 1.70 bits per heavy atom. The van der Waals surface area contributed by atoms with Crippen LogP contribution in [0.5, 0.6) is 0 Å². The van der Waals surface area contributed by atoms with Crippen molar-refractivity contribution in [1.29, 1.82) is 0 Å². The number of piperidine rings is 1. The van der Waals surface area contributed by atoms with Gasteiger partial charge in [-0.05, 0) is 19.3 Å². The van der Waals surface area contributed by atoms with Crippen molar-refractivity contribution >= 4 is 6.03 Å². The Hall–Kier alpha value is -2.33. The Bertz CT molecular complexity index is 680. The van der Waals surface area contributed by atoms with Crippen molar-refractivity contribution in [2.75, 3.05) is 39.3 Å². The molecule has 0 radical (unpaired) electrons. The van der Waals surface area contributed by atoms with Crippen molar-refractivity contribution in [2.24, 2.45) is 0 Å². The first-order chi connectivity index (χ1) is 13.3. The molecule has 27 heavy (non-hydrogen) atoms. The van der Waals surface area contributed by atoms with Crippen LogP contribution in [0.15, 0.2) is 60.7 Å². The molecule has 2 aromatic carbocycles. The van der Waals surface area contributed by atoms with E-state index in [1.165, 1.54) is 17.5 Å². The number of amides is 2. The number of rotatable bonds is 3. The van der Waals surface area contributed by atoms with E-state index in [-0.39, 0.29) is 6.03 Å². The number of nitrogens with one attached hydrogen (secondary N) is 1. The lowest BCUT2D eigenvalue weighted by Gasteiger charge is -2.39. The molecule has 2 aromatic rings. The lowest BCUT2D eigenvalue weighted by atomic mass is 9.96. The molecule has 1 N–H and O–H groups in total. The van der Waals surface area contributed by atoms with Crippen molar-refractivity contribution in [3.63, 3.8) is 0 Å². The minimum Gasteiger partial charge on any atom is -0.325 e. The number of urea groups is 1. The summed E-state index contributed by atoms with van der Waals surface area (Å²) in [4.78, 5) is 18.5. The van der Waals surface area contributed by atoms with E-state index < -0.39 is 0 Å². The normalized spacial score (nSPS) is 18.7. The highest BCUT2D eigenvalue weighted by atomic mass is 16.2. The van der Waals surface area contributed by atoms with Crippen molar-refractivity contribution in [3.8, 4) is 0 Å². The van der Waals surface area contributed by atoms with Gasteiger partial charge in [0.25, 0.3) is 0 Å². The number of likely N-dealkylation sites (tertiary alicyclic amines) is 1. The zero-order valence-corrected chi connectivity index (χ0v) is 16.0. The molecule has 2 aliphatic heterocycles.